The van der Waals surface area contributed by atoms with Crippen molar-refractivity contribution in [2.45, 2.75) is 6.42 Å². The van der Waals surface area contributed by atoms with Crippen LogP contribution in [0.3, 0.4) is 0 Å². The van der Waals surface area contributed by atoms with Crippen LogP contribution >= 0.6 is 8.38 Å². The minimum Gasteiger partial charge on any atom is -0.350 e. The number of quaternary nitrogens is 1. The molecule has 0 radical (unpaired) electrons. The van der Waals surface area contributed by atoms with Crippen LogP contribution in [-0.4, -0.2) is 48.1 Å². The van der Waals surface area contributed by atoms with E-state index in [-0.39, 0.29) is 0 Å². The second kappa shape index (κ2) is 4.24. The molecule has 3 nitrogen and oxygen atoms in total. The topological polar surface area (TPSA) is 40.5 Å². The number of rotatable bonds is 4. The van der Waals surface area contributed by atoms with Crippen molar-refractivity contribution in [2.75, 3.05) is 33.8 Å². The lowest BCUT2D eigenvalue weighted by molar-refractivity contribution is -0.870. The van der Waals surface area contributed by atoms with Crippen LogP contribution in [0.1, 0.15) is 6.42 Å². The Kier molecular flexibility index (Phi) is 4.37. The van der Waals surface area contributed by atoms with E-state index < -0.39 is 8.38 Å². The molecule has 0 aromatic carbocycles. The van der Waals surface area contributed by atoms with Crippen molar-refractivity contribution in [1.29, 1.82) is 0 Å². The van der Waals surface area contributed by atoms with Gasteiger partial charge >= 0.3 is 0 Å². The molecule has 0 bridgehead atoms. The van der Waals surface area contributed by atoms with Crippen molar-refractivity contribution >= 4 is 8.38 Å². The van der Waals surface area contributed by atoms with Gasteiger partial charge in [-0.1, -0.05) is 0 Å². The molecule has 4 heteroatoms. The van der Waals surface area contributed by atoms with Crippen molar-refractivity contribution in [3.63, 3.8) is 0 Å². The van der Waals surface area contributed by atoms with Gasteiger partial charge in [0.2, 0.25) is 0 Å². The van der Waals surface area contributed by atoms with Gasteiger partial charge in [-0.2, -0.15) is 0 Å². The molecular formula is C6H17NO2P+. The number of hydrogen-bond donors (Lipinski definition) is 2. The normalized spacial score (nSPS) is 12.6. The molecule has 0 saturated heterocycles. The Hall–Kier alpha value is 0.310. The van der Waals surface area contributed by atoms with Crippen LogP contribution in [0, 0.1) is 0 Å². The molecule has 0 aliphatic heterocycles. The lowest BCUT2D eigenvalue weighted by atomic mass is 10.4. The predicted molar refractivity (Wildman–Crippen MR) is 43.7 cm³/mol. The van der Waals surface area contributed by atoms with Crippen LogP contribution in [-0.2, 0) is 0 Å². The first-order valence-electron chi connectivity index (χ1n) is 3.37. The first-order chi connectivity index (χ1) is 4.42. The van der Waals surface area contributed by atoms with Gasteiger partial charge in [0.15, 0.2) is 8.38 Å². The molecule has 0 aromatic rings. The van der Waals surface area contributed by atoms with Crippen molar-refractivity contribution in [3.05, 3.63) is 0 Å². The van der Waals surface area contributed by atoms with E-state index in [1.54, 1.807) is 0 Å². The third kappa shape index (κ3) is 8.31. The summed E-state index contributed by atoms with van der Waals surface area (Å²) >= 11 is 0. The lowest BCUT2D eigenvalue weighted by Gasteiger charge is -2.23. The first-order valence-corrected chi connectivity index (χ1v) is 4.81. The van der Waals surface area contributed by atoms with Crippen molar-refractivity contribution < 1.29 is 14.3 Å². The summed E-state index contributed by atoms with van der Waals surface area (Å²) < 4.78 is 0.892. The highest BCUT2D eigenvalue weighted by Gasteiger charge is 2.07. The molecule has 0 unspecified atom stereocenters. The number of hydrogen-bond acceptors (Lipinski definition) is 2. The molecule has 0 fully saturated rings. The Labute approximate surface area is 63.8 Å². The van der Waals surface area contributed by atoms with E-state index in [9.17, 15) is 0 Å². The highest BCUT2D eigenvalue weighted by Crippen LogP contribution is 2.23. The second-order valence-corrected chi connectivity index (χ2v) is 4.66. The largest absolute Gasteiger partial charge is 0.350 e. The fraction of sp³-hybridized carbons (Fsp3) is 1.00. The molecule has 0 aliphatic rings. The van der Waals surface area contributed by atoms with E-state index in [4.69, 9.17) is 9.79 Å². The van der Waals surface area contributed by atoms with E-state index >= 15 is 0 Å². The fourth-order valence-corrected chi connectivity index (χ4v) is 1.11. The van der Waals surface area contributed by atoms with Gasteiger partial charge in [-0.25, -0.2) is 0 Å². The third-order valence-electron chi connectivity index (χ3n) is 1.19. The van der Waals surface area contributed by atoms with Gasteiger partial charge in [0.05, 0.1) is 27.7 Å². The zero-order valence-corrected chi connectivity index (χ0v) is 7.80. The van der Waals surface area contributed by atoms with Crippen LogP contribution in [0.15, 0.2) is 0 Å². The maximum Gasteiger partial charge on any atom is 0.165 e. The van der Waals surface area contributed by atoms with Crippen LogP contribution in [0.2, 0.25) is 0 Å². The van der Waals surface area contributed by atoms with Gasteiger partial charge in [-0.15, -0.1) is 0 Å². The van der Waals surface area contributed by atoms with E-state index in [2.05, 4.69) is 21.1 Å². The predicted octanol–water partition coefficient (Wildman–Crippen LogP) is 0.379. The van der Waals surface area contributed by atoms with Crippen molar-refractivity contribution in [2.24, 2.45) is 0 Å². The standard InChI is InChI=1S/C6H17NO2P/c1-7(2,3)5-4-6-10(8)9/h8-9H,4-6H2,1-3H3/q+1. The summed E-state index contributed by atoms with van der Waals surface area (Å²) in [6.45, 7) is 1.000. The minimum atomic E-state index is -1.66. The van der Waals surface area contributed by atoms with Gasteiger partial charge < -0.3 is 14.3 Å². The second-order valence-electron chi connectivity index (χ2n) is 3.46. The summed E-state index contributed by atoms with van der Waals surface area (Å²) in [4.78, 5) is 17.1. The van der Waals surface area contributed by atoms with Gasteiger partial charge in [0.25, 0.3) is 0 Å². The molecule has 0 saturated carbocycles. The van der Waals surface area contributed by atoms with E-state index in [0.717, 1.165) is 17.4 Å². The molecule has 0 aromatic heterocycles. The molecule has 2 N–H and O–H groups in total. The average Bonchev–Trinajstić information content (AvgIpc) is 1.59. The Balaban J connectivity index is 3.21. The van der Waals surface area contributed by atoms with Crippen LogP contribution in [0.5, 0.6) is 0 Å². The third-order valence-corrected chi connectivity index (χ3v) is 1.90. The average molecular weight is 166 g/mol. The highest BCUT2D eigenvalue weighted by molar-refractivity contribution is 7.45. The molecule has 0 rings (SSSR count). The quantitative estimate of drug-likeness (QED) is 0.468. The van der Waals surface area contributed by atoms with E-state index in [1.807, 2.05) is 0 Å². The Morgan fingerprint density at radius 1 is 1.20 bits per heavy atom. The van der Waals surface area contributed by atoms with Gasteiger partial charge in [0.1, 0.15) is 0 Å². The van der Waals surface area contributed by atoms with Gasteiger partial charge in [-0.3, -0.25) is 0 Å². The zero-order chi connectivity index (χ0) is 8.20. The lowest BCUT2D eigenvalue weighted by Crippen LogP contribution is -2.35. The minimum absolute atomic E-state index is 0.546. The summed E-state index contributed by atoms with van der Waals surface area (Å²) in [7, 11) is 4.62. The van der Waals surface area contributed by atoms with Gasteiger partial charge in [-0.05, 0) is 0 Å². The van der Waals surface area contributed by atoms with Crippen molar-refractivity contribution in [3.8, 4) is 0 Å². The molecular weight excluding hydrogens is 149 g/mol. The Morgan fingerprint density at radius 2 is 1.70 bits per heavy atom. The summed E-state index contributed by atoms with van der Waals surface area (Å²) in [5.74, 6) is 0. The molecule has 0 aliphatic carbocycles. The first kappa shape index (κ1) is 10.3. The van der Waals surface area contributed by atoms with Crippen molar-refractivity contribution in [1.82, 2.24) is 0 Å². The van der Waals surface area contributed by atoms with Crippen LogP contribution in [0.4, 0.5) is 0 Å². The SMILES string of the molecule is C[N+](C)(C)CCCP(O)O. The van der Waals surface area contributed by atoms with E-state index in [0.29, 0.717) is 6.16 Å². The molecule has 62 valence electrons. The Morgan fingerprint density at radius 3 is 2.00 bits per heavy atom. The maximum absolute atomic E-state index is 8.56. The summed E-state index contributed by atoms with van der Waals surface area (Å²) in [5, 5.41) is 0. The summed E-state index contributed by atoms with van der Waals surface area (Å²) in [6, 6.07) is 0. The van der Waals surface area contributed by atoms with Gasteiger partial charge in [0, 0.05) is 12.6 Å². The fourth-order valence-electron chi connectivity index (χ4n) is 0.686. The van der Waals surface area contributed by atoms with Crippen LogP contribution in [0.25, 0.3) is 0 Å². The Bertz CT molecular complexity index is 90.2. The smallest absolute Gasteiger partial charge is 0.165 e. The zero-order valence-electron chi connectivity index (χ0n) is 6.91. The molecule has 10 heavy (non-hydrogen) atoms. The summed E-state index contributed by atoms with van der Waals surface area (Å²) in [5.41, 5.74) is 0. The molecule has 0 spiro atoms. The monoisotopic (exact) mass is 166 g/mol. The number of nitrogens with zero attached hydrogens (tertiary/aromatic N) is 1. The highest BCUT2D eigenvalue weighted by atomic mass is 31.2. The maximum atomic E-state index is 8.56. The van der Waals surface area contributed by atoms with Crippen LogP contribution < -0.4 is 0 Å². The molecule has 0 heterocycles. The molecule has 0 amide bonds. The molecule has 0 atom stereocenters. The van der Waals surface area contributed by atoms with E-state index in [1.165, 1.54) is 0 Å². The summed E-state index contributed by atoms with van der Waals surface area (Å²) in [6.07, 6.45) is 1.44.